The monoisotopic (exact) mass is 148 g/mol. The van der Waals surface area contributed by atoms with E-state index in [1.165, 1.54) is 7.11 Å². The molecular weight excluding hydrogens is 132 g/mol. The standard InChI is InChI=1S/C7H16O3/c1-5(2)7(9)6(8)4-10-3/h5-9H,4H2,1-3H3/t6-,7-/m0/s1. The van der Waals surface area contributed by atoms with Crippen LogP contribution in [0.1, 0.15) is 13.8 Å². The van der Waals surface area contributed by atoms with Crippen LogP contribution in [0.2, 0.25) is 0 Å². The van der Waals surface area contributed by atoms with Crippen LogP contribution in [0.5, 0.6) is 0 Å². The lowest BCUT2D eigenvalue weighted by Gasteiger charge is -2.19. The highest BCUT2D eigenvalue weighted by atomic mass is 16.5. The number of methoxy groups -OCH3 is 1. The zero-order chi connectivity index (χ0) is 8.15. The Balaban J connectivity index is 3.58. The van der Waals surface area contributed by atoms with Crippen LogP contribution in [0, 0.1) is 5.92 Å². The van der Waals surface area contributed by atoms with E-state index in [1.54, 1.807) is 0 Å². The van der Waals surface area contributed by atoms with Crippen LogP contribution in [0.15, 0.2) is 0 Å². The highest BCUT2D eigenvalue weighted by molar-refractivity contribution is 4.68. The van der Waals surface area contributed by atoms with Crippen molar-refractivity contribution in [2.75, 3.05) is 13.7 Å². The smallest absolute Gasteiger partial charge is 0.103 e. The van der Waals surface area contributed by atoms with Crippen molar-refractivity contribution in [3.8, 4) is 0 Å². The highest BCUT2D eigenvalue weighted by Gasteiger charge is 2.18. The summed E-state index contributed by atoms with van der Waals surface area (Å²) in [6.07, 6.45) is -1.44. The quantitative estimate of drug-likeness (QED) is 0.590. The molecular formula is C7H16O3. The van der Waals surface area contributed by atoms with Gasteiger partial charge in [0.2, 0.25) is 0 Å². The molecule has 0 saturated heterocycles. The summed E-state index contributed by atoms with van der Waals surface area (Å²) in [6, 6.07) is 0. The first kappa shape index (κ1) is 9.88. The molecule has 0 aromatic heterocycles. The fraction of sp³-hybridized carbons (Fsp3) is 1.00. The van der Waals surface area contributed by atoms with E-state index in [-0.39, 0.29) is 12.5 Å². The van der Waals surface area contributed by atoms with Crippen LogP contribution in [0.3, 0.4) is 0 Å². The first-order chi connectivity index (χ1) is 4.59. The first-order valence-corrected chi connectivity index (χ1v) is 3.44. The lowest BCUT2D eigenvalue weighted by molar-refractivity contribution is -0.0453. The van der Waals surface area contributed by atoms with Crippen LogP contribution in [-0.2, 0) is 4.74 Å². The summed E-state index contributed by atoms with van der Waals surface area (Å²) >= 11 is 0. The molecule has 0 aliphatic carbocycles. The Morgan fingerprint density at radius 1 is 1.30 bits per heavy atom. The number of rotatable bonds is 4. The fourth-order valence-electron chi connectivity index (χ4n) is 0.714. The molecule has 0 heterocycles. The molecule has 0 fully saturated rings. The average Bonchev–Trinajstić information content (AvgIpc) is 1.87. The third-order valence-corrected chi connectivity index (χ3v) is 1.41. The van der Waals surface area contributed by atoms with E-state index in [0.29, 0.717) is 0 Å². The van der Waals surface area contributed by atoms with Gasteiger partial charge in [0.1, 0.15) is 6.10 Å². The molecule has 2 N–H and O–H groups in total. The second kappa shape index (κ2) is 4.66. The Morgan fingerprint density at radius 3 is 2.10 bits per heavy atom. The van der Waals surface area contributed by atoms with Crippen molar-refractivity contribution in [2.45, 2.75) is 26.1 Å². The largest absolute Gasteiger partial charge is 0.390 e. The minimum absolute atomic E-state index is 0.0742. The molecule has 0 bridgehead atoms. The van der Waals surface area contributed by atoms with Gasteiger partial charge in [-0.2, -0.15) is 0 Å². The van der Waals surface area contributed by atoms with Crippen molar-refractivity contribution < 1.29 is 14.9 Å². The van der Waals surface area contributed by atoms with Gasteiger partial charge in [-0.05, 0) is 5.92 Å². The Kier molecular flexibility index (Phi) is 4.60. The number of ether oxygens (including phenoxy) is 1. The van der Waals surface area contributed by atoms with Gasteiger partial charge in [0.05, 0.1) is 12.7 Å². The van der Waals surface area contributed by atoms with E-state index in [0.717, 1.165) is 0 Å². The Morgan fingerprint density at radius 2 is 1.80 bits per heavy atom. The third-order valence-electron chi connectivity index (χ3n) is 1.41. The summed E-state index contributed by atoms with van der Waals surface area (Å²) in [7, 11) is 1.50. The van der Waals surface area contributed by atoms with Crippen LogP contribution < -0.4 is 0 Å². The minimum atomic E-state index is -0.759. The lowest BCUT2D eigenvalue weighted by atomic mass is 10.0. The van der Waals surface area contributed by atoms with E-state index < -0.39 is 12.2 Å². The summed E-state index contributed by atoms with van der Waals surface area (Å²) in [5, 5.41) is 18.3. The number of aliphatic hydroxyl groups is 2. The van der Waals surface area contributed by atoms with E-state index in [4.69, 9.17) is 5.11 Å². The third kappa shape index (κ3) is 3.15. The molecule has 0 radical (unpaired) electrons. The molecule has 0 aliphatic rings. The summed E-state index contributed by atoms with van der Waals surface area (Å²) in [4.78, 5) is 0. The van der Waals surface area contributed by atoms with Gasteiger partial charge in [-0.25, -0.2) is 0 Å². The summed E-state index contributed by atoms with van der Waals surface area (Å²) in [5.74, 6) is 0.0742. The lowest BCUT2D eigenvalue weighted by Crippen LogP contribution is -2.34. The fourth-order valence-corrected chi connectivity index (χ4v) is 0.714. The molecule has 0 aliphatic heterocycles. The topological polar surface area (TPSA) is 49.7 Å². The Bertz CT molecular complexity index is 82.9. The number of aliphatic hydroxyl groups excluding tert-OH is 2. The molecule has 3 nitrogen and oxygen atoms in total. The van der Waals surface area contributed by atoms with Crippen molar-refractivity contribution in [3.05, 3.63) is 0 Å². The van der Waals surface area contributed by atoms with Crippen LogP contribution >= 0.6 is 0 Å². The first-order valence-electron chi connectivity index (χ1n) is 3.44. The predicted molar refractivity (Wildman–Crippen MR) is 38.7 cm³/mol. The minimum Gasteiger partial charge on any atom is -0.390 e. The molecule has 62 valence electrons. The molecule has 0 unspecified atom stereocenters. The molecule has 0 amide bonds. The van der Waals surface area contributed by atoms with Crippen molar-refractivity contribution in [3.63, 3.8) is 0 Å². The number of hydrogen-bond donors (Lipinski definition) is 2. The maximum atomic E-state index is 9.20. The summed E-state index contributed by atoms with van der Waals surface area (Å²) in [6.45, 7) is 3.90. The van der Waals surface area contributed by atoms with Crippen LogP contribution in [-0.4, -0.2) is 36.1 Å². The van der Waals surface area contributed by atoms with Gasteiger partial charge in [-0.15, -0.1) is 0 Å². The molecule has 0 rings (SSSR count). The second-order valence-electron chi connectivity index (χ2n) is 2.76. The predicted octanol–water partition coefficient (Wildman–Crippen LogP) is 0.0106. The molecule has 10 heavy (non-hydrogen) atoms. The molecule has 0 spiro atoms. The molecule has 0 aromatic carbocycles. The molecule has 2 atom stereocenters. The van der Waals surface area contributed by atoms with Gasteiger partial charge in [0.15, 0.2) is 0 Å². The Hall–Kier alpha value is -0.120. The van der Waals surface area contributed by atoms with Crippen LogP contribution in [0.25, 0.3) is 0 Å². The zero-order valence-corrected chi connectivity index (χ0v) is 6.74. The van der Waals surface area contributed by atoms with Gasteiger partial charge >= 0.3 is 0 Å². The van der Waals surface area contributed by atoms with Gasteiger partial charge in [-0.3, -0.25) is 0 Å². The maximum Gasteiger partial charge on any atom is 0.103 e. The van der Waals surface area contributed by atoms with Crippen molar-refractivity contribution in [1.29, 1.82) is 0 Å². The van der Waals surface area contributed by atoms with Gasteiger partial charge in [-0.1, -0.05) is 13.8 Å². The summed E-state index contributed by atoms with van der Waals surface area (Å²) in [5.41, 5.74) is 0. The van der Waals surface area contributed by atoms with Crippen molar-refractivity contribution in [2.24, 2.45) is 5.92 Å². The highest BCUT2D eigenvalue weighted by Crippen LogP contribution is 2.05. The zero-order valence-electron chi connectivity index (χ0n) is 6.74. The van der Waals surface area contributed by atoms with Gasteiger partial charge < -0.3 is 14.9 Å². The molecule has 0 aromatic rings. The van der Waals surface area contributed by atoms with Crippen molar-refractivity contribution in [1.82, 2.24) is 0 Å². The number of hydrogen-bond acceptors (Lipinski definition) is 3. The van der Waals surface area contributed by atoms with Crippen LogP contribution in [0.4, 0.5) is 0 Å². The van der Waals surface area contributed by atoms with E-state index in [1.807, 2.05) is 13.8 Å². The average molecular weight is 148 g/mol. The normalized spacial score (nSPS) is 17.4. The van der Waals surface area contributed by atoms with E-state index in [9.17, 15) is 5.11 Å². The maximum absolute atomic E-state index is 9.20. The summed E-state index contributed by atoms with van der Waals surface area (Å²) < 4.78 is 4.66. The van der Waals surface area contributed by atoms with Gasteiger partial charge in [0.25, 0.3) is 0 Å². The molecule has 0 saturated carbocycles. The van der Waals surface area contributed by atoms with E-state index in [2.05, 4.69) is 4.74 Å². The van der Waals surface area contributed by atoms with Gasteiger partial charge in [0, 0.05) is 7.11 Å². The SMILES string of the molecule is COC[C@H](O)[C@@H](O)C(C)C. The second-order valence-corrected chi connectivity index (χ2v) is 2.76. The Labute approximate surface area is 61.6 Å². The van der Waals surface area contributed by atoms with E-state index >= 15 is 0 Å². The molecule has 3 heteroatoms. The van der Waals surface area contributed by atoms with Crippen molar-refractivity contribution >= 4 is 0 Å².